The number of aryl methyl sites for hydroxylation is 3. The minimum Gasteiger partial charge on any atom is -0.293 e. The van der Waals surface area contributed by atoms with Crippen molar-refractivity contribution < 1.29 is 18.0 Å². The maximum absolute atomic E-state index is 13.1. The van der Waals surface area contributed by atoms with Crippen molar-refractivity contribution in [1.82, 2.24) is 30.0 Å². The summed E-state index contributed by atoms with van der Waals surface area (Å²) in [6.45, 7) is 0. The van der Waals surface area contributed by atoms with E-state index in [-0.39, 0.29) is 23.8 Å². The van der Waals surface area contributed by atoms with Crippen LogP contribution in [0.1, 0.15) is 17.7 Å². The Balaban J connectivity index is 1.66. The van der Waals surface area contributed by atoms with Gasteiger partial charge >= 0.3 is 6.18 Å². The van der Waals surface area contributed by atoms with Gasteiger partial charge in [0, 0.05) is 32.3 Å². The van der Waals surface area contributed by atoms with Gasteiger partial charge in [0.05, 0.1) is 0 Å². The van der Waals surface area contributed by atoms with Gasteiger partial charge in [-0.2, -0.15) is 18.3 Å². The molecule has 2 aromatic heterocycles. The summed E-state index contributed by atoms with van der Waals surface area (Å²) in [7, 11) is 3.04. The van der Waals surface area contributed by atoms with Crippen LogP contribution in [0.25, 0.3) is 11.1 Å². The molecule has 8 nitrogen and oxygen atoms in total. The molecule has 0 unspecified atom stereocenters. The largest absolute Gasteiger partial charge is 0.435 e. The van der Waals surface area contributed by atoms with Crippen LogP contribution in [0.15, 0.2) is 30.5 Å². The fourth-order valence-electron chi connectivity index (χ4n) is 2.54. The molecule has 0 aliphatic rings. The zero-order valence-corrected chi connectivity index (χ0v) is 14.5. The Morgan fingerprint density at radius 3 is 2.48 bits per heavy atom. The van der Waals surface area contributed by atoms with E-state index in [1.807, 2.05) is 0 Å². The topological polar surface area (TPSA) is 90.5 Å². The third-order valence-electron chi connectivity index (χ3n) is 3.87. The van der Waals surface area contributed by atoms with Crippen LogP contribution in [0, 0.1) is 0 Å². The number of tetrazole rings is 1. The molecule has 0 atom stereocenters. The minimum absolute atomic E-state index is 0.0177. The number of amides is 1. The van der Waals surface area contributed by atoms with Gasteiger partial charge in [-0.15, -0.1) is 0 Å². The van der Waals surface area contributed by atoms with Crippen LogP contribution in [0.4, 0.5) is 19.1 Å². The molecule has 2 heterocycles. The highest BCUT2D eigenvalue weighted by atomic mass is 19.4. The van der Waals surface area contributed by atoms with Crippen molar-refractivity contribution >= 4 is 11.9 Å². The van der Waals surface area contributed by atoms with Crippen molar-refractivity contribution in [2.24, 2.45) is 14.1 Å². The first-order chi connectivity index (χ1) is 12.7. The molecule has 142 valence electrons. The molecule has 3 rings (SSSR count). The summed E-state index contributed by atoms with van der Waals surface area (Å²) in [5, 5.41) is 16.8. The maximum Gasteiger partial charge on any atom is 0.435 e. The molecule has 0 bridgehead atoms. The molecule has 27 heavy (non-hydrogen) atoms. The molecule has 1 N–H and O–H groups in total. The second kappa shape index (κ2) is 7.17. The van der Waals surface area contributed by atoms with Crippen LogP contribution >= 0.6 is 0 Å². The zero-order valence-electron chi connectivity index (χ0n) is 14.5. The summed E-state index contributed by atoms with van der Waals surface area (Å²) in [5.41, 5.74) is 0.328. The fraction of sp³-hybridized carbons (Fsp3) is 0.312. The fourth-order valence-corrected chi connectivity index (χ4v) is 2.54. The number of hydrogen-bond donors (Lipinski definition) is 1. The molecule has 0 radical (unpaired) electrons. The number of alkyl halides is 3. The van der Waals surface area contributed by atoms with Crippen LogP contribution in [0.3, 0.4) is 0 Å². The Labute approximate surface area is 152 Å². The molecule has 0 saturated carbocycles. The summed E-state index contributed by atoms with van der Waals surface area (Å²) in [4.78, 5) is 11.9. The molecule has 1 amide bonds. The van der Waals surface area contributed by atoms with E-state index in [0.29, 0.717) is 12.0 Å². The van der Waals surface area contributed by atoms with E-state index in [1.165, 1.54) is 17.9 Å². The molecule has 0 aliphatic heterocycles. The summed E-state index contributed by atoms with van der Waals surface area (Å²) in [6, 6.07) is 6.57. The Bertz CT molecular complexity index is 944. The van der Waals surface area contributed by atoms with Gasteiger partial charge in [0.15, 0.2) is 5.69 Å². The number of anilines is 1. The zero-order chi connectivity index (χ0) is 19.6. The maximum atomic E-state index is 13.1. The van der Waals surface area contributed by atoms with Crippen LogP contribution in [-0.2, 0) is 31.5 Å². The molecule has 1 aromatic carbocycles. The second-order valence-corrected chi connectivity index (χ2v) is 5.93. The molecular formula is C16H16F3N7O. The van der Waals surface area contributed by atoms with Crippen LogP contribution in [-0.4, -0.2) is 35.9 Å². The molecule has 0 aliphatic carbocycles. The molecular weight excluding hydrogens is 363 g/mol. The van der Waals surface area contributed by atoms with Gasteiger partial charge in [-0.25, -0.2) is 4.68 Å². The van der Waals surface area contributed by atoms with Crippen molar-refractivity contribution in [1.29, 1.82) is 0 Å². The summed E-state index contributed by atoms with van der Waals surface area (Å²) in [5.74, 6) is -0.0183. The van der Waals surface area contributed by atoms with Gasteiger partial charge in [0.25, 0.3) is 0 Å². The van der Waals surface area contributed by atoms with E-state index in [2.05, 4.69) is 25.9 Å². The highest BCUT2D eigenvalue weighted by Crippen LogP contribution is 2.35. The molecule has 11 heteroatoms. The summed E-state index contributed by atoms with van der Waals surface area (Å²) in [6.07, 6.45) is -2.58. The Morgan fingerprint density at radius 2 is 1.89 bits per heavy atom. The number of aromatic nitrogens is 6. The highest BCUT2D eigenvalue weighted by Gasteiger charge is 2.37. The second-order valence-electron chi connectivity index (χ2n) is 5.93. The van der Waals surface area contributed by atoms with Gasteiger partial charge in [-0.1, -0.05) is 29.4 Å². The Morgan fingerprint density at radius 1 is 1.19 bits per heavy atom. The Kier molecular flexibility index (Phi) is 4.93. The van der Waals surface area contributed by atoms with Gasteiger partial charge in [-0.05, 0) is 28.0 Å². The lowest BCUT2D eigenvalue weighted by Gasteiger charge is -2.07. The average molecular weight is 379 g/mol. The Hall–Kier alpha value is -3.24. The van der Waals surface area contributed by atoms with Crippen LogP contribution in [0.5, 0.6) is 0 Å². The number of rotatable bonds is 5. The lowest BCUT2D eigenvalue weighted by atomic mass is 10.0. The van der Waals surface area contributed by atoms with E-state index in [9.17, 15) is 18.0 Å². The SMILES string of the molecule is Cn1cc(-c2ccc(CCC(=O)Nc3nnnn3C)cc2)c(C(F)(F)F)n1. The van der Waals surface area contributed by atoms with Crippen molar-refractivity contribution in [2.45, 2.75) is 19.0 Å². The number of nitrogens with one attached hydrogen (secondary N) is 1. The lowest BCUT2D eigenvalue weighted by molar-refractivity contribution is -0.141. The third-order valence-corrected chi connectivity index (χ3v) is 3.87. The first-order valence-corrected chi connectivity index (χ1v) is 7.96. The smallest absolute Gasteiger partial charge is 0.293 e. The number of carbonyl (C=O) groups is 1. The average Bonchev–Trinajstić information content (AvgIpc) is 3.19. The van der Waals surface area contributed by atoms with Gasteiger partial charge in [0.1, 0.15) is 0 Å². The monoisotopic (exact) mass is 379 g/mol. The summed E-state index contributed by atoms with van der Waals surface area (Å²) >= 11 is 0. The summed E-state index contributed by atoms with van der Waals surface area (Å²) < 4.78 is 41.7. The van der Waals surface area contributed by atoms with Gasteiger partial charge in [0.2, 0.25) is 11.9 Å². The van der Waals surface area contributed by atoms with E-state index >= 15 is 0 Å². The molecule has 0 saturated heterocycles. The van der Waals surface area contributed by atoms with E-state index < -0.39 is 11.9 Å². The van der Waals surface area contributed by atoms with Crippen molar-refractivity contribution in [3.63, 3.8) is 0 Å². The van der Waals surface area contributed by atoms with E-state index in [1.54, 1.807) is 31.3 Å². The predicted molar refractivity (Wildman–Crippen MR) is 89.4 cm³/mol. The number of benzene rings is 1. The highest BCUT2D eigenvalue weighted by molar-refractivity contribution is 5.89. The minimum atomic E-state index is -4.53. The number of nitrogens with zero attached hydrogens (tertiary/aromatic N) is 6. The van der Waals surface area contributed by atoms with Gasteiger partial charge in [-0.3, -0.25) is 14.8 Å². The number of carbonyl (C=O) groups excluding carboxylic acids is 1. The third kappa shape index (κ3) is 4.30. The molecule has 0 spiro atoms. The quantitative estimate of drug-likeness (QED) is 0.734. The van der Waals surface area contributed by atoms with Crippen molar-refractivity contribution in [3.8, 4) is 11.1 Å². The number of halogens is 3. The van der Waals surface area contributed by atoms with Gasteiger partial charge < -0.3 is 0 Å². The van der Waals surface area contributed by atoms with Crippen LogP contribution in [0.2, 0.25) is 0 Å². The lowest BCUT2D eigenvalue weighted by Crippen LogP contribution is -2.15. The first kappa shape index (κ1) is 18.5. The van der Waals surface area contributed by atoms with Crippen molar-refractivity contribution in [3.05, 3.63) is 41.7 Å². The normalized spacial score (nSPS) is 11.6. The molecule has 3 aromatic rings. The number of hydrogen-bond acceptors (Lipinski definition) is 5. The van der Waals surface area contributed by atoms with E-state index in [4.69, 9.17) is 0 Å². The van der Waals surface area contributed by atoms with Crippen LogP contribution < -0.4 is 5.32 Å². The molecule has 0 fully saturated rings. The first-order valence-electron chi connectivity index (χ1n) is 7.96. The standard InChI is InChI=1S/C16H16F3N7O/c1-25-9-12(14(22-25)16(17,18)19)11-6-3-10(4-7-11)5-8-13(27)20-15-21-23-24-26(15)2/h3-4,6-7,9H,5,8H2,1-2H3,(H,20,21,24,27). The van der Waals surface area contributed by atoms with Crippen molar-refractivity contribution in [2.75, 3.05) is 5.32 Å². The van der Waals surface area contributed by atoms with E-state index in [0.717, 1.165) is 10.2 Å². The predicted octanol–water partition coefficient (Wildman–Crippen LogP) is 2.20.